The molecule has 7 nitrogen and oxygen atoms in total. The average Bonchev–Trinajstić information content (AvgIpc) is 3.13. The van der Waals surface area contributed by atoms with Gasteiger partial charge in [-0.1, -0.05) is 24.4 Å². The maximum atomic E-state index is 13.1. The number of nitrogens with zero attached hydrogens (tertiary/aromatic N) is 5. The molecule has 0 saturated heterocycles. The number of rotatable bonds is 5. The van der Waals surface area contributed by atoms with Gasteiger partial charge in [0, 0.05) is 42.2 Å². The van der Waals surface area contributed by atoms with Gasteiger partial charge in [-0.2, -0.15) is 5.10 Å². The van der Waals surface area contributed by atoms with Gasteiger partial charge in [0.05, 0.1) is 5.69 Å². The van der Waals surface area contributed by atoms with Crippen molar-refractivity contribution in [3.63, 3.8) is 0 Å². The number of fused-ring (bicyclic) bond motifs is 2. The lowest BCUT2D eigenvalue weighted by Gasteiger charge is -2.08. The van der Waals surface area contributed by atoms with E-state index in [1.807, 2.05) is 28.9 Å². The predicted molar refractivity (Wildman–Crippen MR) is 123 cm³/mol. The number of hydrogen-bond donors (Lipinski definition) is 1. The van der Waals surface area contributed by atoms with Crippen LogP contribution in [0.1, 0.15) is 71.9 Å². The van der Waals surface area contributed by atoms with Crippen molar-refractivity contribution in [2.75, 3.05) is 6.54 Å². The topological polar surface area (TPSA) is 77.6 Å². The van der Waals surface area contributed by atoms with Gasteiger partial charge in [-0.15, -0.1) is 10.2 Å². The van der Waals surface area contributed by atoms with Crippen molar-refractivity contribution in [3.05, 3.63) is 57.9 Å². The van der Waals surface area contributed by atoms with Gasteiger partial charge in [-0.25, -0.2) is 4.68 Å². The van der Waals surface area contributed by atoms with Gasteiger partial charge in [0.25, 0.3) is 5.91 Å². The molecule has 0 spiro atoms. The van der Waals surface area contributed by atoms with E-state index in [1.54, 1.807) is 0 Å². The van der Waals surface area contributed by atoms with Crippen LogP contribution in [-0.4, -0.2) is 37.0 Å². The minimum atomic E-state index is -0.105. The van der Waals surface area contributed by atoms with Crippen LogP contribution in [-0.2, 0) is 32.2 Å². The van der Waals surface area contributed by atoms with Crippen LogP contribution in [0, 0.1) is 0 Å². The first-order chi connectivity index (χ1) is 15.7. The number of amides is 1. The normalized spacial score (nSPS) is 16.0. The van der Waals surface area contributed by atoms with E-state index in [2.05, 4.69) is 20.1 Å². The number of aryl methyl sites for hydroxylation is 1. The highest BCUT2D eigenvalue weighted by Crippen LogP contribution is 2.27. The van der Waals surface area contributed by atoms with Crippen molar-refractivity contribution < 1.29 is 4.79 Å². The Morgan fingerprint density at radius 3 is 2.62 bits per heavy atom. The molecule has 1 aromatic carbocycles. The van der Waals surface area contributed by atoms with E-state index in [1.165, 1.54) is 25.7 Å². The molecule has 3 heterocycles. The number of halogens is 1. The highest BCUT2D eigenvalue weighted by Gasteiger charge is 2.25. The molecule has 1 amide bonds. The molecule has 8 heteroatoms. The Morgan fingerprint density at radius 1 is 0.969 bits per heavy atom. The van der Waals surface area contributed by atoms with Crippen LogP contribution < -0.4 is 5.32 Å². The quantitative estimate of drug-likeness (QED) is 0.591. The van der Waals surface area contributed by atoms with Crippen molar-refractivity contribution in [3.8, 4) is 5.69 Å². The van der Waals surface area contributed by atoms with E-state index in [0.29, 0.717) is 23.7 Å². The molecule has 1 aliphatic carbocycles. The molecule has 168 valence electrons. The van der Waals surface area contributed by atoms with Crippen LogP contribution in [0.25, 0.3) is 5.69 Å². The summed E-state index contributed by atoms with van der Waals surface area (Å²) in [7, 11) is 0. The van der Waals surface area contributed by atoms with Crippen molar-refractivity contribution in [1.82, 2.24) is 29.9 Å². The fourth-order valence-corrected chi connectivity index (χ4v) is 4.98. The van der Waals surface area contributed by atoms with Crippen molar-refractivity contribution in [2.24, 2.45) is 0 Å². The Hall–Kier alpha value is -2.67. The predicted octanol–water partition coefficient (Wildman–Crippen LogP) is 4.09. The zero-order valence-electron chi connectivity index (χ0n) is 18.3. The summed E-state index contributed by atoms with van der Waals surface area (Å²) in [6.45, 7) is 1.50. The molecule has 3 aromatic rings. The second kappa shape index (κ2) is 9.45. The van der Waals surface area contributed by atoms with E-state index in [9.17, 15) is 4.79 Å². The van der Waals surface area contributed by atoms with Crippen LogP contribution in [0.4, 0.5) is 0 Å². The van der Waals surface area contributed by atoms with Gasteiger partial charge in [0.15, 0.2) is 5.69 Å². The largest absolute Gasteiger partial charge is 0.350 e. The molecule has 0 bridgehead atoms. The Labute approximate surface area is 193 Å². The van der Waals surface area contributed by atoms with E-state index < -0.39 is 0 Å². The van der Waals surface area contributed by atoms with Gasteiger partial charge >= 0.3 is 0 Å². The lowest BCUT2D eigenvalue weighted by molar-refractivity contribution is 0.0947. The van der Waals surface area contributed by atoms with Gasteiger partial charge in [-0.3, -0.25) is 4.79 Å². The van der Waals surface area contributed by atoms with Gasteiger partial charge < -0.3 is 9.88 Å². The van der Waals surface area contributed by atoms with Crippen molar-refractivity contribution >= 4 is 17.5 Å². The second-order valence-electron chi connectivity index (χ2n) is 8.72. The zero-order chi connectivity index (χ0) is 21.9. The summed E-state index contributed by atoms with van der Waals surface area (Å²) in [5.74, 6) is 1.94. The fourth-order valence-electron chi connectivity index (χ4n) is 4.86. The number of benzene rings is 1. The summed E-state index contributed by atoms with van der Waals surface area (Å²) in [5, 5.41) is 17.3. The van der Waals surface area contributed by atoms with E-state index in [0.717, 1.165) is 67.2 Å². The number of nitrogens with one attached hydrogen (secondary N) is 1. The molecule has 1 N–H and O–H groups in total. The molecule has 32 heavy (non-hydrogen) atoms. The maximum Gasteiger partial charge on any atom is 0.272 e. The molecule has 2 aliphatic rings. The third-order valence-corrected chi connectivity index (χ3v) is 6.79. The SMILES string of the molecule is O=C(NCCc1nnc2n1CCCCC2)c1nn(-c2ccc(Cl)cc2)c2c1CCCCC2. The molecule has 0 saturated carbocycles. The highest BCUT2D eigenvalue weighted by molar-refractivity contribution is 6.30. The summed E-state index contributed by atoms with van der Waals surface area (Å²) in [5.41, 5.74) is 3.73. The van der Waals surface area contributed by atoms with Gasteiger partial charge in [0.1, 0.15) is 11.6 Å². The monoisotopic (exact) mass is 452 g/mol. The van der Waals surface area contributed by atoms with Crippen LogP contribution in [0.3, 0.4) is 0 Å². The lowest BCUT2D eigenvalue weighted by atomic mass is 10.1. The van der Waals surface area contributed by atoms with Gasteiger partial charge in [-0.05, 0) is 62.8 Å². The molecule has 2 aromatic heterocycles. The lowest BCUT2D eigenvalue weighted by Crippen LogP contribution is -2.28. The Bertz CT molecular complexity index is 1100. The number of carbonyl (C=O) groups is 1. The standard InChI is InChI=1S/C24H29ClN6O/c25-17-10-12-18(13-11-17)31-20-8-4-1-3-7-19(20)23(29-31)24(32)26-15-14-22-28-27-21-9-5-2-6-16-30(21)22/h10-13H,1-9,14-16H2,(H,26,32). The summed E-state index contributed by atoms with van der Waals surface area (Å²) >= 11 is 6.07. The minimum Gasteiger partial charge on any atom is -0.350 e. The molecule has 1 aliphatic heterocycles. The van der Waals surface area contributed by atoms with Gasteiger partial charge in [0.2, 0.25) is 0 Å². The van der Waals surface area contributed by atoms with E-state index >= 15 is 0 Å². The average molecular weight is 453 g/mol. The van der Waals surface area contributed by atoms with E-state index in [4.69, 9.17) is 16.7 Å². The molecular formula is C24H29ClN6O. The van der Waals surface area contributed by atoms with Crippen LogP contribution in [0.2, 0.25) is 5.02 Å². The zero-order valence-corrected chi connectivity index (χ0v) is 19.1. The van der Waals surface area contributed by atoms with Crippen LogP contribution in [0.15, 0.2) is 24.3 Å². The number of aromatic nitrogens is 5. The first kappa shape index (κ1) is 21.2. The molecule has 0 radical (unpaired) electrons. The Kier molecular flexibility index (Phi) is 6.26. The Balaban J connectivity index is 1.33. The third kappa shape index (κ3) is 4.31. The minimum absolute atomic E-state index is 0.105. The summed E-state index contributed by atoms with van der Waals surface area (Å²) in [6.07, 6.45) is 10.5. The third-order valence-electron chi connectivity index (χ3n) is 6.54. The van der Waals surface area contributed by atoms with E-state index in [-0.39, 0.29) is 5.91 Å². The smallest absolute Gasteiger partial charge is 0.272 e. The van der Waals surface area contributed by atoms with Crippen molar-refractivity contribution in [1.29, 1.82) is 0 Å². The Morgan fingerprint density at radius 2 is 1.75 bits per heavy atom. The fraction of sp³-hybridized carbons (Fsp3) is 0.500. The molecule has 5 rings (SSSR count). The molecule has 0 fully saturated rings. The summed E-state index contributed by atoms with van der Waals surface area (Å²) < 4.78 is 4.17. The molecule has 0 atom stereocenters. The van der Waals surface area contributed by atoms with Crippen molar-refractivity contribution in [2.45, 2.75) is 70.8 Å². The molecular weight excluding hydrogens is 424 g/mol. The second-order valence-corrected chi connectivity index (χ2v) is 9.16. The first-order valence-corrected chi connectivity index (χ1v) is 12.1. The first-order valence-electron chi connectivity index (χ1n) is 11.8. The summed E-state index contributed by atoms with van der Waals surface area (Å²) in [6, 6.07) is 7.64. The summed E-state index contributed by atoms with van der Waals surface area (Å²) in [4.78, 5) is 13.1. The highest BCUT2D eigenvalue weighted by atomic mass is 35.5. The number of carbonyl (C=O) groups excluding carboxylic acids is 1. The van der Waals surface area contributed by atoms with Crippen LogP contribution >= 0.6 is 11.6 Å². The maximum absolute atomic E-state index is 13.1. The number of hydrogen-bond acceptors (Lipinski definition) is 4. The molecule has 0 unspecified atom stereocenters. The van der Waals surface area contributed by atoms with Crippen LogP contribution in [0.5, 0.6) is 0 Å².